The molecule has 0 saturated heterocycles. The lowest BCUT2D eigenvalue weighted by Gasteiger charge is -2.12. The zero-order valence-corrected chi connectivity index (χ0v) is 13.3. The summed E-state index contributed by atoms with van der Waals surface area (Å²) in [6.45, 7) is 0.465. The van der Waals surface area contributed by atoms with Gasteiger partial charge in [-0.3, -0.25) is 0 Å². The van der Waals surface area contributed by atoms with Crippen molar-refractivity contribution in [2.75, 3.05) is 7.11 Å². The van der Waals surface area contributed by atoms with E-state index in [0.717, 1.165) is 22.7 Å². The second-order valence-corrected chi connectivity index (χ2v) is 5.42. The van der Waals surface area contributed by atoms with E-state index in [2.05, 4.69) is 4.98 Å². The normalized spacial score (nSPS) is 10.5. The Labute approximate surface area is 140 Å². The first-order chi connectivity index (χ1) is 11.7. The summed E-state index contributed by atoms with van der Waals surface area (Å²) in [4.78, 5) is 15.8. The predicted molar refractivity (Wildman–Crippen MR) is 90.5 cm³/mol. The fraction of sp³-hybridized carbons (Fsp3) is 0.158. The number of aromatic carboxylic acids is 1. The first-order valence-electron chi connectivity index (χ1n) is 7.62. The van der Waals surface area contributed by atoms with Gasteiger partial charge in [0.1, 0.15) is 11.6 Å². The summed E-state index contributed by atoms with van der Waals surface area (Å²) in [5, 5.41) is 9.33. The number of carbonyl (C=O) groups is 1. The molecule has 0 spiro atoms. The van der Waals surface area contributed by atoms with Crippen LogP contribution >= 0.6 is 0 Å². The quantitative estimate of drug-likeness (QED) is 0.757. The lowest BCUT2D eigenvalue weighted by molar-refractivity contribution is 0.0695. The van der Waals surface area contributed by atoms with Crippen LogP contribution in [0.4, 0.5) is 0 Å². The van der Waals surface area contributed by atoms with E-state index in [1.807, 2.05) is 47.2 Å². The van der Waals surface area contributed by atoms with Crippen LogP contribution in [0, 0.1) is 0 Å². The Morgan fingerprint density at radius 3 is 2.58 bits per heavy atom. The largest absolute Gasteiger partial charge is 0.496 e. The lowest BCUT2D eigenvalue weighted by Crippen LogP contribution is -2.09. The van der Waals surface area contributed by atoms with E-state index < -0.39 is 5.97 Å². The van der Waals surface area contributed by atoms with E-state index in [1.165, 1.54) is 0 Å². The van der Waals surface area contributed by atoms with Crippen LogP contribution in [0.5, 0.6) is 5.75 Å². The second-order valence-electron chi connectivity index (χ2n) is 5.42. The summed E-state index contributed by atoms with van der Waals surface area (Å²) >= 11 is 0. The van der Waals surface area contributed by atoms with Crippen LogP contribution in [0.25, 0.3) is 0 Å². The van der Waals surface area contributed by atoms with Crippen molar-refractivity contribution >= 4 is 5.97 Å². The van der Waals surface area contributed by atoms with Gasteiger partial charge in [-0.1, -0.05) is 36.4 Å². The molecule has 122 valence electrons. The molecule has 0 aliphatic heterocycles. The molecule has 0 unspecified atom stereocenters. The zero-order valence-electron chi connectivity index (χ0n) is 13.3. The van der Waals surface area contributed by atoms with Gasteiger partial charge in [0.15, 0.2) is 0 Å². The predicted octanol–water partition coefficient (Wildman–Crippen LogP) is 3.23. The van der Waals surface area contributed by atoms with E-state index >= 15 is 0 Å². The second kappa shape index (κ2) is 7.00. The minimum Gasteiger partial charge on any atom is -0.496 e. The van der Waals surface area contributed by atoms with Crippen LogP contribution in [0.2, 0.25) is 0 Å². The minimum absolute atomic E-state index is 0.314. The maximum Gasteiger partial charge on any atom is 0.336 e. The number of ether oxygens (including phenoxy) is 1. The van der Waals surface area contributed by atoms with Crippen LogP contribution < -0.4 is 4.74 Å². The molecule has 0 amide bonds. The summed E-state index contributed by atoms with van der Waals surface area (Å²) < 4.78 is 7.35. The van der Waals surface area contributed by atoms with Crippen molar-refractivity contribution in [1.29, 1.82) is 0 Å². The SMILES string of the molecule is COc1ccccc1Cc1nccn1Cc1ccccc1C(=O)O. The summed E-state index contributed by atoms with van der Waals surface area (Å²) in [6.07, 6.45) is 4.21. The van der Waals surface area contributed by atoms with Crippen LogP contribution in [0.1, 0.15) is 27.3 Å². The van der Waals surface area contributed by atoms with E-state index in [9.17, 15) is 9.90 Å². The average molecular weight is 322 g/mol. The zero-order chi connectivity index (χ0) is 16.9. The lowest BCUT2D eigenvalue weighted by atomic mass is 10.1. The van der Waals surface area contributed by atoms with Gasteiger partial charge in [0.25, 0.3) is 0 Å². The topological polar surface area (TPSA) is 64.4 Å². The van der Waals surface area contributed by atoms with E-state index in [0.29, 0.717) is 18.5 Å². The molecule has 3 aromatic rings. The third-order valence-electron chi connectivity index (χ3n) is 3.93. The van der Waals surface area contributed by atoms with Crippen molar-refractivity contribution in [2.45, 2.75) is 13.0 Å². The highest BCUT2D eigenvalue weighted by Crippen LogP contribution is 2.21. The molecule has 1 N–H and O–H groups in total. The van der Waals surface area contributed by atoms with Crippen LogP contribution in [-0.4, -0.2) is 27.7 Å². The van der Waals surface area contributed by atoms with E-state index in [4.69, 9.17) is 4.74 Å². The smallest absolute Gasteiger partial charge is 0.336 e. The first-order valence-corrected chi connectivity index (χ1v) is 7.62. The third-order valence-corrected chi connectivity index (χ3v) is 3.93. The van der Waals surface area contributed by atoms with Crippen molar-refractivity contribution in [3.8, 4) is 5.75 Å². The minimum atomic E-state index is -0.919. The van der Waals surface area contributed by atoms with Crippen LogP contribution in [-0.2, 0) is 13.0 Å². The summed E-state index contributed by atoms with van der Waals surface area (Å²) in [6, 6.07) is 14.8. The molecule has 0 aliphatic rings. The molecule has 0 atom stereocenters. The number of carboxylic acid groups (broad SMARTS) is 1. The number of hydrogen-bond donors (Lipinski definition) is 1. The number of carboxylic acids is 1. The highest BCUT2D eigenvalue weighted by atomic mass is 16.5. The molecule has 0 saturated carbocycles. The Kier molecular flexibility index (Phi) is 4.61. The number of benzene rings is 2. The van der Waals surface area contributed by atoms with Gasteiger partial charge in [0, 0.05) is 30.9 Å². The van der Waals surface area contributed by atoms with Gasteiger partial charge in [0.2, 0.25) is 0 Å². The third kappa shape index (κ3) is 3.30. The molecule has 24 heavy (non-hydrogen) atoms. The average Bonchev–Trinajstić information content (AvgIpc) is 3.02. The van der Waals surface area contributed by atoms with E-state index in [-0.39, 0.29) is 0 Å². The van der Waals surface area contributed by atoms with Gasteiger partial charge in [-0.2, -0.15) is 0 Å². The van der Waals surface area contributed by atoms with Crippen molar-refractivity contribution in [1.82, 2.24) is 9.55 Å². The van der Waals surface area contributed by atoms with Gasteiger partial charge in [0.05, 0.1) is 12.7 Å². The highest BCUT2D eigenvalue weighted by molar-refractivity contribution is 5.89. The number of imidazole rings is 1. The van der Waals surface area contributed by atoms with Crippen molar-refractivity contribution < 1.29 is 14.6 Å². The highest BCUT2D eigenvalue weighted by Gasteiger charge is 2.12. The molecule has 0 fully saturated rings. The summed E-state index contributed by atoms with van der Waals surface area (Å²) in [5.74, 6) is 0.759. The fourth-order valence-electron chi connectivity index (χ4n) is 2.72. The Morgan fingerprint density at radius 2 is 1.83 bits per heavy atom. The summed E-state index contributed by atoms with van der Waals surface area (Å²) in [7, 11) is 1.65. The maximum absolute atomic E-state index is 11.4. The molecule has 0 aliphatic carbocycles. The fourth-order valence-corrected chi connectivity index (χ4v) is 2.72. The molecule has 3 rings (SSSR count). The molecular formula is C19H18N2O3. The number of methoxy groups -OCH3 is 1. The maximum atomic E-state index is 11.4. The number of aromatic nitrogens is 2. The van der Waals surface area contributed by atoms with Crippen molar-refractivity contribution in [2.24, 2.45) is 0 Å². The number of para-hydroxylation sites is 1. The van der Waals surface area contributed by atoms with Gasteiger partial charge in [-0.15, -0.1) is 0 Å². The van der Waals surface area contributed by atoms with Crippen molar-refractivity contribution in [3.05, 3.63) is 83.4 Å². The molecule has 5 heteroatoms. The Hall–Kier alpha value is -3.08. The number of rotatable bonds is 6. The monoisotopic (exact) mass is 322 g/mol. The van der Waals surface area contributed by atoms with Crippen LogP contribution in [0.3, 0.4) is 0 Å². The molecule has 0 radical (unpaired) electrons. The van der Waals surface area contributed by atoms with Gasteiger partial charge < -0.3 is 14.4 Å². The molecular weight excluding hydrogens is 304 g/mol. The Morgan fingerprint density at radius 1 is 1.12 bits per heavy atom. The van der Waals surface area contributed by atoms with E-state index in [1.54, 1.807) is 25.4 Å². The van der Waals surface area contributed by atoms with Gasteiger partial charge >= 0.3 is 5.97 Å². The molecule has 5 nitrogen and oxygen atoms in total. The molecule has 1 heterocycles. The summed E-state index contributed by atoms with van der Waals surface area (Å²) in [5.41, 5.74) is 2.11. The Bertz CT molecular complexity index is 855. The molecule has 2 aromatic carbocycles. The number of hydrogen-bond acceptors (Lipinski definition) is 3. The van der Waals surface area contributed by atoms with Crippen LogP contribution in [0.15, 0.2) is 60.9 Å². The standard InChI is InChI=1S/C19H18N2O3/c1-24-17-9-5-3-6-14(17)12-18-20-10-11-21(18)13-15-7-2-4-8-16(15)19(22)23/h2-11H,12-13H2,1H3,(H,22,23). The van der Waals surface area contributed by atoms with Crippen molar-refractivity contribution in [3.63, 3.8) is 0 Å². The molecule has 0 bridgehead atoms. The van der Waals surface area contributed by atoms with Gasteiger partial charge in [-0.05, 0) is 17.7 Å². The number of nitrogens with zero attached hydrogens (tertiary/aromatic N) is 2. The molecule has 1 aromatic heterocycles. The first kappa shape index (κ1) is 15.8. The Balaban J connectivity index is 1.88. The van der Waals surface area contributed by atoms with Gasteiger partial charge in [-0.25, -0.2) is 9.78 Å².